The summed E-state index contributed by atoms with van der Waals surface area (Å²) in [7, 11) is 0. The molecule has 2 nitrogen and oxygen atoms in total. The Labute approximate surface area is 108 Å². The lowest BCUT2D eigenvalue weighted by Crippen LogP contribution is -2.37. The molecular formula is C15H31NO. The second-order valence-corrected chi connectivity index (χ2v) is 6.61. The normalized spacial score (nSPS) is 20.5. The molecule has 1 unspecified atom stereocenters. The van der Waals surface area contributed by atoms with Gasteiger partial charge in [-0.15, -0.1) is 0 Å². The predicted molar refractivity (Wildman–Crippen MR) is 74.4 cm³/mol. The van der Waals surface area contributed by atoms with Crippen molar-refractivity contribution < 1.29 is 4.74 Å². The highest BCUT2D eigenvalue weighted by Gasteiger charge is 2.15. The van der Waals surface area contributed by atoms with Crippen LogP contribution < -0.4 is 5.32 Å². The van der Waals surface area contributed by atoms with Crippen LogP contribution in [0.15, 0.2) is 0 Å². The Morgan fingerprint density at radius 3 is 2.41 bits per heavy atom. The fourth-order valence-corrected chi connectivity index (χ4v) is 2.39. The van der Waals surface area contributed by atoms with Gasteiger partial charge in [0.15, 0.2) is 0 Å². The van der Waals surface area contributed by atoms with Gasteiger partial charge in [-0.3, -0.25) is 0 Å². The van der Waals surface area contributed by atoms with E-state index in [0.29, 0.717) is 6.10 Å². The van der Waals surface area contributed by atoms with E-state index in [2.05, 4.69) is 33.0 Å². The summed E-state index contributed by atoms with van der Waals surface area (Å²) in [6.07, 6.45) is 8.53. The van der Waals surface area contributed by atoms with Crippen LogP contribution in [0.1, 0.15) is 66.2 Å². The molecule has 1 fully saturated rings. The van der Waals surface area contributed by atoms with Crippen molar-refractivity contribution in [3.05, 3.63) is 0 Å². The second-order valence-electron chi connectivity index (χ2n) is 6.61. The molecule has 0 aromatic rings. The number of rotatable bonds is 6. The molecule has 2 heteroatoms. The predicted octanol–water partition coefficient (Wildman–Crippen LogP) is 3.75. The van der Waals surface area contributed by atoms with Crippen LogP contribution in [0.3, 0.4) is 0 Å². The first-order valence-electron chi connectivity index (χ1n) is 7.34. The first-order valence-corrected chi connectivity index (χ1v) is 7.34. The van der Waals surface area contributed by atoms with Gasteiger partial charge in [0, 0.05) is 12.1 Å². The Kier molecular flexibility index (Phi) is 6.50. The smallest absolute Gasteiger partial charge is 0.0559 e. The lowest BCUT2D eigenvalue weighted by molar-refractivity contribution is 0.0262. The van der Waals surface area contributed by atoms with Gasteiger partial charge in [0.05, 0.1) is 6.10 Å². The van der Waals surface area contributed by atoms with E-state index in [9.17, 15) is 0 Å². The Morgan fingerprint density at radius 2 is 1.82 bits per heavy atom. The lowest BCUT2D eigenvalue weighted by Gasteiger charge is -2.25. The zero-order valence-corrected chi connectivity index (χ0v) is 12.2. The van der Waals surface area contributed by atoms with Gasteiger partial charge < -0.3 is 10.1 Å². The van der Waals surface area contributed by atoms with E-state index >= 15 is 0 Å². The highest BCUT2D eigenvalue weighted by atomic mass is 16.5. The first-order chi connectivity index (χ1) is 7.97. The van der Waals surface area contributed by atoms with E-state index in [1.54, 1.807) is 0 Å². The zero-order chi connectivity index (χ0) is 12.7. The highest BCUT2D eigenvalue weighted by molar-refractivity contribution is 4.71. The van der Waals surface area contributed by atoms with Crippen molar-refractivity contribution in [1.29, 1.82) is 0 Å². The Morgan fingerprint density at radius 1 is 1.18 bits per heavy atom. The van der Waals surface area contributed by atoms with Gasteiger partial charge >= 0.3 is 0 Å². The first kappa shape index (κ1) is 15.0. The minimum atomic E-state index is 0.225. The van der Waals surface area contributed by atoms with Gasteiger partial charge in [0.25, 0.3) is 0 Å². The van der Waals surface area contributed by atoms with Crippen LogP contribution in [0.5, 0.6) is 0 Å². The maximum absolute atomic E-state index is 5.96. The summed E-state index contributed by atoms with van der Waals surface area (Å²) in [4.78, 5) is 0. The molecule has 1 saturated carbocycles. The summed E-state index contributed by atoms with van der Waals surface area (Å²) >= 11 is 0. The summed E-state index contributed by atoms with van der Waals surface area (Å²) < 4.78 is 5.96. The molecule has 17 heavy (non-hydrogen) atoms. The fourth-order valence-electron chi connectivity index (χ4n) is 2.39. The quantitative estimate of drug-likeness (QED) is 0.764. The Hall–Kier alpha value is -0.0800. The average molecular weight is 241 g/mol. The van der Waals surface area contributed by atoms with Crippen molar-refractivity contribution in [3.8, 4) is 0 Å². The molecule has 1 aliphatic rings. The van der Waals surface area contributed by atoms with E-state index in [-0.39, 0.29) is 5.54 Å². The van der Waals surface area contributed by atoms with Gasteiger partial charge in [-0.25, -0.2) is 0 Å². The van der Waals surface area contributed by atoms with Gasteiger partial charge in [-0.1, -0.05) is 19.3 Å². The minimum Gasteiger partial charge on any atom is -0.378 e. The van der Waals surface area contributed by atoms with Crippen molar-refractivity contribution in [2.24, 2.45) is 5.92 Å². The number of hydrogen-bond donors (Lipinski definition) is 1. The van der Waals surface area contributed by atoms with Crippen LogP contribution in [0, 0.1) is 5.92 Å². The maximum Gasteiger partial charge on any atom is 0.0559 e. The number of hydrogen-bond acceptors (Lipinski definition) is 2. The Balaban J connectivity index is 2.02. The maximum atomic E-state index is 5.96. The summed E-state index contributed by atoms with van der Waals surface area (Å²) in [6.45, 7) is 10.9. The summed E-state index contributed by atoms with van der Waals surface area (Å²) in [5.41, 5.74) is 0.225. The van der Waals surface area contributed by atoms with Crippen LogP contribution in [0.4, 0.5) is 0 Å². The SMILES string of the molecule is CC(CCNC(C)(C)C)OCC1CCCCC1. The monoisotopic (exact) mass is 241 g/mol. The average Bonchev–Trinajstić information content (AvgIpc) is 2.26. The third-order valence-electron chi connectivity index (χ3n) is 3.55. The van der Waals surface area contributed by atoms with E-state index in [1.165, 1.54) is 32.1 Å². The van der Waals surface area contributed by atoms with E-state index in [4.69, 9.17) is 4.74 Å². The summed E-state index contributed by atoms with van der Waals surface area (Å²) in [6, 6.07) is 0. The van der Waals surface area contributed by atoms with Gasteiger partial charge in [-0.2, -0.15) is 0 Å². The number of ether oxygens (including phenoxy) is 1. The molecule has 0 saturated heterocycles. The summed E-state index contributed by atoms with van der Waals surface area (Å²) in [5, 5.41) is 3.51. The van der Waals surface area contributed by atoms with Crippen molar-refractivity contribution in [3.63, 3.8) is 0 Å². The summed E-state index contributed by atoms with van der Waals surface area (Å²) in [5.74, 6) is 0.835. The van der Waals surface area contributed by atoms with E-state index in [1.807, 2.05) is 0 Å². The van der Waals surface area contributed by atoms with Crippen molar-refractivity contribution in [2.75, 3.05) is 13.2 Å². The molecule has 1 aliphatic carbocycles. The van der Waals surface area contributed by atoms with Gasteiger partial charge in [0.1, 0.15) is 0 Å². The lowest BCUT2D eigenvalue weighted by atomic mass is 9.90. The third-order valence-corrected chi connectivity index (χ3v) is 3.55. The van der Waals surface area contributed by atoms with Gasteiger partial charge in [-0.05, 0) is 59.4 Å². The highest BCUT2D eigenvalue weighted by Crippen LogP contribution is 2.24. The van der Waals surface area contributed by atoms with Crippen molar-refractivity contribution in [1.82, 2.24) is 5.32 Å². The molecule has 1 N–H and O–H groups in total. The number of nitrogens with one attached hydrogen (secondary N) is 1. The standard InChI is InChI=1S/C15H31NO/c1-13(10-11-16-15(2,3)4)17-12-14-8-6-5-7-9-14/h13-14,16H,5-12H2,1-4H3. The topological polar surface area (TPSA) is 21.3 Å². The van der Waals surface area contributed by atoms with E-state index in [0.717, 1.165) is 25.5 Å². The molecule has 0 amide bonds. The minimum absolute atomic E-state index is 0.225. The largest absolute Gasteiger partial charge is 0.378 e. The third kappa shape index (κ3) is 7.77. The van der Waals surface area contributed by atoms with Crippen LogP contribution in [-0.2, 0) is 4.74 Å². The molecule has 0 bridgehead atoms. The zero-order valence-electron chi connectivity index (χ0n) is 12.2. The van der Waals surface area contributed by atoms with Crippen LogP contribution in [0.25, 0.3) is 0 Å². The van der Waals surface area contributed by atoms with Crippen molar-refractivity contribution in [2.45, 2.75) is 77.9 Å². The fraction of sp³-hybridized carbons (Fsp3) is 1.00. The molecule has 102 valence electrons. The van der Waals surface area contributed by atoms with Crippen LogP contribution in [-0.4, -0.2) is 24.8 Å². The molecule has 0 aromatic carbocycles. The molecule has 1 atom stereocenters. The van der Waals surface area contributed by atoms with Crippen LogP contribution in [0.2, 0.25) is 0 Å². The molecule has 0 heterocycles. The molecule has 1 rings (SSSR count). The second kappa shape index (κ2) is 7.38. The molecule has 0 aromatic heterocycles. The van der Waals surface area contributed by atoms with Gasteiger partial charge in [0.2, 0.25) is 0 Å². The molecule has 0 radical (unpaired) electrons. The van der Waals surface area contributed by atoms with Crippen molar-refractivity contribution >= 4 is 0 Å². The molecule has 0 spiro atoms. The molecular weight excluding hydrogens is 210 g/mol. The van der Waals surface area contributed by atoms with Crippen LogP contribution >= 0.6 is 0 Å². The molecule has 0 aliphatic heterocycles. The Bertz CT molecular complexity index is 192. The van der Waals surface area contributed by atoms with E-state index < -0.39 is 0 Å².